The molecule has 0 spiro atoms. The van der Waals surface area contributed by atoms with Gasteiger partial charge < -0.3 is 66.8 Å². The van der Waals surface area contributed by atoms with Gasteiger partial charge in [-0.3, -0.25) is 65.0 Å². The van der Waals surface area contributed by atoms with E-state index < -0.39 is 159 Å². The van der Waals surface area contributed by atoms with Gasteiger partial charge in [0.2, 0.25) is 11.9 Å². The van der Waals surface area contributed by atoms with E-state index in [0.29, 0.717) is 0 Å². The molecule has 6 aromatic rings. The van der Waals surface area contributed by atoms with E-state index in [-0.39, 0.29) is 58.7 Å². The van der Waals surface area contributed by atoms with E-state index in [2.05, 4.69) is 39.9 Å². The molecule has 15 atom stereocenters. The summed E-state index contributed by atoms with van der Waals surface area (Å²) in [6.45, 7) is -3.37. The maximum absolute atomic E-state index is 13.9. The lowest BCUT2D eigenvalue weighted by molar-refractivity contribution is -0.0630. The number of H-pyrrole nitrogens is 2. The van der Waals surface area contributed by atoms with Crippen molar-refractivity contribution in [2.75, 3.05) is 49.4 Å². The maximum atomic E-state index is 13.9. The number of nitrogens with two attached hydrogens (primary N) is 4. The van der Waals surface area contributed by atoms with E-state index in [1.165, 1.54) is 40.0 Å². The van der Waals surface area contributed by atoms with Crippen LogP contribution >= 0.6 is 23.5 Å². The monoisotopic (exact) mass is 1170 g/mol. The van der Waals surface area contributed by atoms with Crippen LogP contribution < -0.4 is 45.4 Å². The Balaban J connectivity index is 0.828. The summed E-state index contributed by atoms with van der Waals surface area (Å²) < 4.78 is 101. The minimum Gasteiger partial charge on any atom is -0.394 e. The quantitative estimate of drug-likeness (QED) is 0.0342. The number of aromatic amines is 2. The maximum Gasteiger partial charge on any atom is 0.472 e. The van der Waals surface area contributed by atoms with Gasteiger partial charge in [0, 0.05) is 38.1 Å². The predicted molar refractivity (Wildman–Crippen MR) is 260 cm³/mol. The first-order valence-electron chi connectivity index (χ1n) is 23.4. The molecule has 4 aliphatic rings. The minimum atomic E-state index is -5.39. The van der Waals surface area contributed by atoms with Gasteiger partial charge in [0.1, 0.15) is 79.3 Å². The molecule has 0 aliphatic carbocycles. The Kier molecular flexibility index (Phi) is 15.6. The topological polar surface area (TPSA) is 546 Å². The summed E-state index contributed by atoms with van der Waals surface area (Å²) in [6, 6.07) is 2.55. The molecule has 4 aliphatic heterocycles. The van der Waals surface area contributed by atoms with Crippen molar-refractivity contribution < 1.29 is 84.7 Å². The number of fused-ring (bicyclic) bond motifs is 2. The van der Waals surface area contributed by atoms with E-state index in [1.807, 2.05) is 0 Å². The number of hydrogen-bond acceptors (Lipinski definition) is 29. The van der Waals surface area contributed by atoms with Gasteiger partial charge >= 0.3 is 34.8 Å². The van der Waals surface area contributed by atoms with Gasteiger partial charge in [-0.05, 0) is 12.1 Å². The fraction of sp³-hybridized carbons (Fsp3) is 0.526. The summed E-state index contributed by atoms with van der Waals surface area (Å²) in [5, 5.41) is 20.9. The first-order valence-corrected chi connectivity index (χ1v) is 27.9. The summed E-state index contributed by atoms with van der Waals surface area (Å²) >= 11 is 0. The van der Waals surface area contributed by atoms with E-state index in [9.17, 15) is 57.8 Å². The fourth-order valence-corrected chi connectivity index (χ4v) is 12.0. The molecule has 15 N–H and O–H groups in total. The first-order chi connectivity index (χ1) is 37.4. The summed E-state index contributed by atoms with van der Waals surface area (Å²) in [7, 11) is -15.8. The van der Waals surface area contributed by atoms with Crippen LogP contribution in [-0.4, -0.2) is 158 Å². The van der Waals surface area contributed by atoms with Crippen LogP contribution in [0, 0.1) is 0 Å². The van der Waals surface area contributed by atoms with Crippen molar-refractivity contribution in [3.8, 4) is 0 Å². The van der Waals surface area contributed by atoms with E-state index in [1.54, 1.807) is 0 Å². The number of nitrogens with zero attached hydrogens (tertiary/aromatic N) is 10. The molecule has 3 unspecified atom stereocenters. The number of ether oxygens (including phenoxy) is 4. The van der Waals surface area contributed by atoms with Gasteiger partial charge in [-0.1, -0.05) is 0 Å². The standard InChI is InChI=1S/C38H49N16O22P3/c39-23-1-3-51(37(59)45-23)26-6-16(19(9-55)70-26)74-78(63,64)68-12-22-18(8-28(73-22)54-14-44-30-32(54)48-36(42)50-34(30)58)76-79(65,66)69-11-21-17(7-27(72-21)52-4-2-24(40)46-38(52)60)75-77(61,62)67-10-20-15(56)5-25(71-20)53-13-43-29-31(53)47-35(41)49-33(29)57/h1-4,13-22,25-28,55-56H,5-12H2,(H,61,62)(H,63,64)(H,65,66)(H2,39,45,59)(H2,40,46,60)(H3,41,47,49,57)(H3,42,48,50,58)/t15-,16-,17-,18-,19+,20+,21+,22+,25+,26+,27+,28+/m0/s1. The van der Waals surface area contributed by atoms with Crippen LogP contribution in [0.5, 0.6) is 0 Å². The summed E-state index contributed by atoms with van der Waals surface area (Å²) in [5.41, 5.74) is 19.3. The SMILES string of the molecule is Nc1ccn([C@H]2C[C@H](OP(=O)(O)OC[C@H]3O[C@@H](n4cnc5c(=O)[nH]c(N)nc54)C[C@@H]3OP(=O)(O)OC[C@H]3O[C@@H](n4ccc(N)nc4=O)C[C@@H]3OP(=O)(O)OC[C@H]3O[C@@H](n4cnc5c(=O)[nH]c(N)nc54)C[C@@H]3O)[C@@H](CO)O2)c(=O)n1. The fourth-order valence-electron chi connectivity index (χ4n) is 9.15. The Labute approximate surface area is 438 Å². The third-order valence-corrected chi connectivity index (χ3v) is 15.8. The van der Waals surface area contributed by atoms with Crippen molar-refractivity contribution in [1.82, 2.24) is 58.1 Å². The number of phosphoric ester groups is 3. The molecule has 10 heterocycles. The molecule has 0 radical (unpaired) electrons. The highest BCUT2D eigenvalue weighted by Crippen LogP contribution is 2.53. The number of aliphatic hydroxyl groups is 2. The molecule has 0 aromatic carbocycles. The van der Waals surface area contributed by atoms with Crippen LogP contribution in [0.4, 0.5) is 23.5 Å². The molecule has 428 valence electrons. The lowest BCUT2D eigenvalue weighted by atomic mass is 10.2. The molecular weight excluding hydrogens is 1130 g/mol. The highest BCUT2D eigenvalue weighted by atomic mass is 31.2. The van der Waals surface area contributed by atoms with E-state index in [0.717, 1.165) is 15.5 Å². The van der Waals surface area contributed by atoms with Gasteiger partial charge in [0.15, 0.2) is 22.3 Å². The third kappa shape index (κ3) is 12.3. The number of hydrogen-bond donors (Lipinski definition) is 11. The van der Waals surface area contributed by atoms with Gasteiger partial charge in [0.05, 0.1) is 45.2 Å². The summed E-state index contributed by atoms with van der Waals surface area (Å²) in [6.07, 6.45) is -12.5. The van der Waals surface area contributed by atoms with Crippen LogP contribution in [0.15, 0.2) is 56.4 Å². The number of imidazole rings is 2. The number of aromatic nitrogens is 12. The molecule has 4 saturated heterocycles. The molecule has 10 rings (SSSR count). The van der Waals surface area contributed by atoms with E-state index in [4.69, 9.17) is 69.0 Å². The lowest BCUT2D eigenvalue weighted by Gasteiger charge is -2.25. The number of nitrogens with one attached hydrogen (secondary N) is 2. The Morgan fingerprint density at radius 2 is 0.924 bits per heavy atom. The predicted octanol–water partition coefficient (Wildman–Crippen LogP) is -2.89. The van der Waals surface area contributed by atoms with Crippen molar-refractivity contribution in [2.45, 2.75) is 99.4 Å². The number of rotatable bonds is 20. The van der Waals surface area contributed by atoms with Gasteiger partial charge in [-0.2, -0.15) is 19.9 Å². The average Bonchev–Trinajstić information content (AvgIpc) is 4.45. The molecule has 79 heavy (non-hydrogen) atoms. The van der Waals surface area contributed by atoms with Gasteiger partial charge in [-0.15, -0.1) is 0 Å². The van der Waals surface area contributed by atoms with Crippen molar-refractivity contribution in [3.63, 3.8) is 0 Å². The second-order valence-electron chi connectivity index (χ2n) is 18.1. The number of phosphoric acid groups is 3. The Morgan fingerprint density at radius 1 is 0.557 bits per heavy atom. The summed E-state index contributed by atoms with van der Waals surface area (Å²) in [5.74, 6) is -0.764. The Bertz CT molecular complexity index is 3650. The van der Waals surface area contributed by atoms with Crippen LogP contribution in [0.1, 0.15) is 50.6 Å². The zero-order chi connectivity index (χ0) is 56.3. The minimum absolute atomic E-state index is 0.0342. The highest BCUT2D eigenvalue weighted by molar-refractivity contribution is 7.48. The van der Waals surface area contributed by atoms with Crippen LogP contribution in [0.25, 0.3) is 22.3 Å². The molecule has 0 bridgehead atoms. The van der Waals surface area contributed by atoms with Gasteiger partial charge in [-0.25, -0.2) is 33.3 Å². The van der Waals surface area contributed by atoms with Gasteiger partial charge in [0.25, 0.3) is 11.1 Å². The zero-order valence-corrected chi connectivity index (χ0v) is 43.0. The van der Waals surface area contributed by atoms with Crippen molar-refractivity contribution in [1.29, 1.82) is 0 Å². The second-order valence-corrected chi connectivity index (χ2v) is 22.3. The number of aliphatic hydroxyl groups excluding tert-OH is 2. The van der Waals surface area contributed by atoms with Crippen LogP contribution in [-0.2, 0) is 59.8 Å². The lowest BCUT2D eigenvalue weighted by Crippen LogP contribution is -2.31. The molecule has 6 aromatic heterocycles. The molecule has 0 amide bonds. The first kappa shape index (κ1) is 56.0. The molecular formula is C38H49N16O22P3. The number of anilines is 4. The number of nitrogen functional groups attached to an aromatic ring is 4. The Hall–Kier alpha value is -6.25. The largest absolute Gasteiger partial charge is 0.472 e. The third-order valence-electron chi connectivity index (χ3n) is 12.8. The summed E-state index contributed by atoms with van der Waals surface area (Å²) in [4.78, 5) is 112. The molecule has 4 fully saturated rings. The van der Waals surface area contributed by atoms with Crippen LogP contribution in [0.2, 0.25) is 0 Å². The van der Waals surface area contributed by atoms with Crippen molar-refractivity contribution in [2.24, 2.45) is 0 Å². The second kappa shape index (κ2) is 22.0. The van der Waals surface area contributed by atoms with E-state index >= 15 is 0 Å². The zero-order valence-electron chi connectivity index (χ0n) is 40.3. The smallest absolute Gasteiger partial charge is 0.394 e. The molecule has 41 heteroatoms. The molecule has 38 nitrogen and oxygen atoms in total. The van der Waals surface area contributed by atoms with Crippen molar-refractivity contribution >= 4 is 69.3 Å². The average molecular weight is 1170 g/mol. The normalized spacial score (nSPS) is 29.5. The Morgan fingerprint density at radius 3 is 1.34 bits per heavy atom. The van der Waals surface area contributed by atoms with Crippen molar-refractivity contribution in [3.05, 3.63) is 78.9 Å². The molecule has 0 saturated carbocycles. The van der Waals surface area contributed by atoms with Crippen LogP contribution in [0.3, 0.4) is 0 Å². The highest BCUT2D eigenvalue weighted by Gasteiger charge is 2.48.